The van der Waals surface area contributed by atoms with Gasteiger partial charge in [0.25, 0.3) is 0 Å². The number of hydrogen-bond acceptors (Lipinski definition) is 4. The third-order valence-electron chi connectivity index (χ3n) is 3.64. The first-order chi connectivity index (χ1) is 8.77. The lowest BCUT2D eigenvalue weighted by Gasteiger charge is -2.31. The van der Waals surface area contributed by atoms with Gasteiger partial charge in [-0.05, 0) is 17.0 Å². The highest BCUT2D eigenvalue weighted by atomic mass is 35.5. The van der Waals surface area contributed by atoms with Gasteiger partial charge < -0.3 is 0 Å². The van der Waals surface area contributed by atoms with Gasteiger partial charge in [0.05, 0.1) is 28.8 Å². The maximum Gasteiger partial charge on any atom is 0.189 e. The summed E-state index contributed by atoms with van der Waals surface area (Å²) in [5.41, 5.74) is 3.45. The molecule has 0 bridgehead atoms. The molecule has 3 nitrogen and oxygen atoms in total. The Morgan fingerprint density at radius 2 is 2.33 bits per heavy atom. The molecule has 1 aliphatic carbocycles. The minimum absolute atomic E-state index is 0.101. The Morgan fingerprint density at radius 3 is 3.22 bits per heavy atom. The molecule has 3 heterocycles. The molecular formula is C13H9ClN2OS. The Bertz CT molecular complexity index is 625. The number of halogens is 1. The molecule has 4 rings (SSSR count). The van der Waals surface area contributed by atoms with Gasteiger partial charge in [-0.15, -0.1) is 23.4 Å². The van der Waals surface area contributed by atoms with Crippen LogP contribution in [0.2, 0.25) is 0 Å². The zero-order valence-corrected chi connectivity index (χ0v) is 10.9. The second kappa shape index (κ2) is 3.68. The number of alkyl halides is 1. The lowest BCUT2D eigenvalue weighted by Crippen LogP contribution is -2.36. The quantitative estimate of drug-likeness (QED) is 0.684. The summed E-state index contributed by atoms with van der Waals surface area (Å²) in [6, 6.07) is 1.91. The van der Waals surface area contributed by atoms with Crippen molar-refractivity contribution in [1.82, 2.24) is 4.98 Å². The highest BCUT2D eigenvalue weighted by Crippen LogP contribution is 2.49. The summed E-state index contributed by atoms with van der Waals surface area (Å²) in [4.78, 5) is 21.3. The average Bonchev–Trinajstić information content (AvgIpc) is 2.87. The molecule has 0 amide bonds. The van der Waals surface area contributed by atoms with Crippen molar-refractivity contribution in [1.29, 1.82) is 0 Å². The fourth-order valence-corrected chi connectivity index (χ4v) is 4.17. The maximum atomic E-state index is 12.4. The second-order valence-corrected chi connectivity index (χ2v) is 6.17. The molecule has 0 fully saturated rings. The molecule has 0 saturated heterocycles. The molecule has 0 radical (unpaired) electrons. The van der Waals surface area contributed by atoms with Crippen molar-refractivity contribution in [3.05, 3.63) is 40.6 Å². The number of aliphatic imine (C=N–C) groups is 1. The molecule has 3 aliphatic rings. The van der Waals surface area contributed by atoms with E-state index in [0.717, 1.165) is 16.8 Å². The van der Waals surface area contributed by atoms with Gasteiger partial charge in [-0.25, -0.2) is 0 Å². The molecule has 5 heteroatoms. The van der Waals surface area contributed by atoms with E-state index in [1.807, 2.05) is 17.6 Å². The van der Waals surface area contributed by atoms with E-state index in [0.29, 0.717) is 12.3 Å². The Kier molecular flexibility index (Phi) is 2.20. The Morgan fingerprint density at radius 1 is 1.44 bits per heavy atom. The highest BCUT2D eigenvalue weighted by Gasteiger charge is 2.44. The van der Waals surface area contributed by atoms with Gasteiger partial charge in [0.15, 0.2) is 5.78 Å². The normalized spacial score (nSPS) is 31.9. The fraction of sp³-hybridized carbons (Fsp3) is 0.308. The number of carbonyl (C=O) groups is 1. The van der Waals surface area contributed by atoms with Crippen LogP contribution in [0.15, 0.2) is 28.7 Å². The number of fused-ring (bicyclic) bond motifs is 2. The molecule has 3 atom stereocenters. The van der Waals surface area contributed by atoms with Crippen LogP contribution in [0.25, 0.3) is 0 Å². The molecule has 0 N–H and O–H groups in total. The topological polar surface area (TPSA) is 42.3 Å². The Hall–Kier alpha value is -1.13. The largest absolute Gasteiger partial charge is 0.292 e. The van der Waals surface area contributed by atoms with E-state index in [2.05, 4.69) is 9.98 Å². The molecule has 2 aliphatic heterocycles. The third-order valence-corrected chi connectivity index (χ3v) is 5.14. The summed E-state index contributed by atoms with van der Waals surface area (Å²) in [6.45, 7) is 0.479. The molecule has 0 aromatic carbocycles. The molecule has 18 heavy (non-hydrogen) atoms. The van der Waals surface area contributed by atoms with Crippen molar-refractivity contribution in [2.75, 3.05) is 6.54 Å². The lowest BCUT2D eigenvalue weighted by molar-refractivity contribution is -0.115. The monoisotopic (exact) mass is 276 g/mol. The summed E-state index contributed by atoms with van der Waals surface area (Å²) >= 11 is 7.94. The number of hydrogen-bond donors (Lipinski definition) is 0. The van der Waals surface area contributed by atoms with Crippen LogP contribution in [-0.2, 0) is 4.79 Å². The summed E-state index contributed by atoms with van der Waals surface area (Å²) < 4.78 is 0. The van der Waals surface area contributed by atoms with Crippen molar-refractivity contribution in [2.24, 2.45) is 10.9 Å². The number of Topliss-reactive ketones (excluding diaryl/α,β-unsaturated/α-hetero) is 1. The zero-order chi connectivity index (χ0) is 12.3. The maximum absolute atomic E-state index is 12.4. The summed E-state index contributed by atoms with van der Waals surface area (Å²) in [7, 11) is 0. The van der Waals surface area contributed by atoms with Crippen molar-refractivity contribution in [3.63, 3.8) is 0 Å². The van der Waals surface area contributed by atoms with E-state index in [-0.39, 0.29) is 22.3 Å². The smallest absolute Gasteiger partial charge is 0.189 e. The van der Waals surface area contributed by atoms with Gasteiger partial charge in [0.1, 0.15) is 5.71 Å². The van der Waals surface area contributed by atoms with Crippen molar-refractivity contribution < 1.29 is 4.79 Å². The first kappa shape index (κ1) is 10.8. The van der Waals surface area contributed by atoms with E-state index < -0.39 is 0 Å². The van der Waals surface area contributed by atoms with Crippen LogP contribution in [0.5, 0.6) is 0 Å². The molecule has 90 valence electrons. The summed E-state index contributed by atoms with van der Waals surface area (Å²) in [5.74, 6) is 0.0162. The highest BCUT2D eigenvalue weighted by molar-refractivity contribution is 8.02. The summed E-state index contributed by atoms with van der Waals surface area (Å²) in [6.07, 6.45) is 3.75. The van der Waals surface area contributed by atoms with Gasteiger partial charge in [-0.2, -0.15) is 0 Å². The zero-order valence-electron chi connectivity index (χ0n) is 9.34. The third kappa shape index (κ3) is 1.25. The number of thioether (sulfide) groups is 1. The van der Waals surface area contributed by atoms with Crippen LogP contribution in [0.3, 0.4) is 0 Å². The van der Waals surface area contributed by atoms with Crippen molar-refractivity contribution in [3.8, 4) is 0 Å². The minimum Gasteiger partial charge on any atom is -0.292 e. The van der Waals surface area contributed by atoms with E-state index in [4.69, 9.17) is 11.6 Å². The summed E-state index contributed by atoms with van der Waals surface area (Å²) in [5, 5.41) is 1.95. The van der Waals surface area contributed by atoms with Gasteiger partial charge >= 0.3 is 0 Å². The molecule has 3 unspecified atom stereocenters. The van der Waals surface area contributed by atoms with E-state index in [1.54, 1.807) is 18.0 Å². The van der Waals surface area contributed by atoms with Crippen LogP contribution in [0, 0.1) is 5.92 Å². The predicted octanol–water partition coefficient (Wildman–Crippen LogP) is 2.66. The second-order valence-electron chi connectivity index (χ2n) is 4.59. The molecule has 0 saturated carbocycles. The standard InChI is InChI=1S/C13H9ClN2OS/c14-8-5-16-10-9-6(8)1-3-15-11(9)13-7(12(10)17)2-4-18-13/h1-4,7-8,13H,5H2. The minimum atomic E-state index is -0.144. The van der Waals surface area contributed by atoms with Crippen LogP contribution >= 0.6 is 23.4 Å². The van der Waals surface area contributed by atoms with Crippen LogP contribution in [0.1, 0.15) is 27.4 Å². The first-order valence-electron chi connectivity index (χ1n) is 5.81. The van der Waals surface area contributed by atoms with Crippen LogP contribution in [0.4, 0.5) is 0 Å². The SMILES string of the molecule is O=C1C2=NCC(Cl)c3ccnc(c32)C2SC=CC12. The predicted molar refractivity (Wildman–Crippen MR) is 72.2 cm³/mol. The van der Waals surface area contributed by atoms with Crippen molar-refractivity contribution >= 4 is 34.9 Å². The van der Waals surface area contributed by atoms with Crippen LogP contribution < -0.4 is 0 Å². The number of carbonyl (C=O) groups excluding carboxylic acids is 1. The number of aromatic nitrogens is 1. The number of ketones is 1. The lowest BCUT2D eigenvalue weighted by atomic mass is 9.80. The molecule has 1 aromatic rings. The molecule has 0 spiro atoms. The Balaban J connectivity index is 2.03. The van der Waals surface area contributed by atoms with Gasteiger partial charge in [-0.3, -0.25) is 14.8 Å². The van der Waals surface area contributed by atoms with E-state index >= 15 is 0 Å². The van der Waals surface area contributed by atoms with Gasteiger partial charge in [-0.1, -0.05) is 6.08 Å². The van der Waals surface area contributed by atoms with Gasteiger partial charge in [0.2, 0.25) is 0 Å². The first-order valence-corrected chi connectivity index (χ1v) is 7.19. The van der Waals surface area contributed by atoms with E-state index in [1.165, 1.54) is 0 Å². The molecule has 1 aromatic heterocycles. The average molecular weight is 277 g/mol. The number of pyridine rings is 1. The van der Waals surface area contributed by atoms with Gasteiger partial charge in [0, 0.05) is 11.8 Å². The molecular weight excluding hydrogens is 268 g/mol. The van der Waals surface area contributed by atoms with E-state index in [9.17, 15) is 4.79 Å². The van der Waals surface area contributed by atoms with Crippen molar-refractivity contribution in [2.45, 2.75) is 10.6 Å². The van der Waals surface area contributed by atoms with Crippen LogP contribution in [-0.4, -0.2) is 23.0 Å². The number of nitrogens with zero attached hydrogens (tertiary/aromatic N) is 2. The number of rotatable bonds is 0. The number of allylic oxidation sites excluding steroid dienone is 1. The fourth-order valence-electron chi connectivity index (χ4n) is 2.80. The Labute approximate surface area is 113 Å².